The molecule has 0 unspecified atom stereocenters. The average Bonchev–Trinajstić information content (AvgIpc) is 2.27. The topological polar surface area (TPSA) is 38.7 Å². The van der Waals surface area contributed by atoms with E-state index in [4.69, 9.17) is 0 Å². The molecule has 4 heteroatoms. The molecule has 0 aliphatic carbocycles. The Morgan fingerprint density at radius 3 is 2.33 bits per heavy atom. The van der Waals surface area contributed by atoms with Crippen molar-refractivity contribution in [2.75, 3.05) is 53.9 Å². The highest BCUT2D eigenvalue weighted by Gasteiger charge is 2.31. The van der Waals surface area contributed by atoms with Crippen molar-refractivity contribution in [2.45, 2.75) is 18.4 Å². The Bertz CT molecular complexity index is 171. The molecule has 0 atom stereocenters. The highest BCUT2D eigenvalue weighted by Crippen LogP contribution is 2.20. The van der Waals surface area contributed by atoms with Gasteiger partial charge in [0.05, 0.1) is 6.61 Å². The van der Waals surface area contributed by atoms with Crippen LogP contribution in [0.1, 0.15) is 12.8 Å². The third kappa shape index (κ3) is 3.72. The van der Waals surface area contributed by atoms with Crippen molar-refractivity contribution in [1.82, 2.24) is 15.1 Å². The van der Waals surface area contributed by atoms with Crippen molar-refractivity contribution in [3.05, 3.63) is 0 Å². The van der Waals surface area contributed by atoms with Gasteiger partial charge in [-0.2, -0.15) is 0 Å². The van der Waals surface area contributed by atoms with Gasteiger partial charge in [-0.1, -0.05) is 0 Å². The smallest absolute Gasteiger partial charge is 0.0614 e. The van der Waals surface area contributed by atoms with E-state index in [1.165, 1.54) is 0 Å². The summed E-state index contributed by atoms with van der Waals surface area (Å²) in [5, 5.41) is 12.6. The molecular weight excluding hydrogens is 190 g/mol. The fraction of sp³-hybridized carbons (Fsp3) is 1.00. The zero-order valence-corrected chi connectivity index (χ0v) is 10.3. The first-order valence-corrected chi connectivity index (χ1v) is 5.79. The Morgan fingerprint density at radius 2 is 1.93 bits per heavy atom. The van der Waals surface area contributed by atoms with Crippen LogP contribution in [0.15, 0.2) is 0 Å². The molecule has 1 fully saturated rings. The zero-order chi connectivity index (χ0) is 11.3. The van der Waals surface area contributed by atoms with E-state index in [0.29, 0.717) is 0 Å². The molecule has 4 nitrogen and oxygen atoms in total. The minimum atomic E-state index is -0.0192. The largest absolute Gasteiger partial charge is 0.394 e. The van der Waals surface area contributed by atoms with Gasteiger partial charge in [-0.25, -0.2) is 0 Å². The van der Waals surface area contributed by atoms with Gasteiger partial charge in [0.1, 0.15) is 0 Å². The molecule has 0 spiro atoms. The van der Waals surface area contributed by atoms with Gasteiger partial charge in [-0.15, -0.1) is 0 Å². The molecule has 0 radical (unpaired) electrons. The van der Waals surface area contributed by atoms with Gasteiger partial charge in [0.2, 0.25) is 0 Å². The molecule has 1 rings (SSSR count). The van der Waals surface area contributed by atoms with Crippen molar-refractivity contribution in [3.63, 3.8) is 0 Å². The summed E-state index contributed by atoms with van der Waals surface area (Å²) in [6.07, 6.45) is 2.10. The second kappa shape index (κ2) is 5.80. The number of hydrogen-bond donors (Lipinski definition) is 2. The summed E-state index contributed by atoms with van der Waals surface area (Å²) in [4.78, 5) is 4.69. The van der Waals surface area contributed by atoms with Gasteiger partial charge in [0.25, 0.3) is 0 Å². The third-order valence-corrected chi connectivity index (χ3v) is 3.51. The molecule has 90 valence electrons. The van der Waals surface area contributed by atoms with E-state index in [9.17, 15) is 5.11 Å². The maximum Gasteiger partial charge on any atom is 0.0614 e. The molecule has 1 saturated heterocycles. The molecule has 15 heavy (non-hydrogen) atoms. The van der Waals surface area contributed by atoms with Crippen molar-refractivity contribution >= 4 is 0 Å². The van der Waals surface area contributed by atoms with E-state index in [0.717, 1.165) is 39.0 Å². The molecule has 0 saturated carbocycles. The average molecular weight is 215 g/mol. The number of likely N-dealkylation sites (tertiary alicyclic amines) is 1. The Balaban J connectivity index is 2.28. The number of aliphatic hydroxyl groups excluding tert-OH is 1. The van der Waals surface area contributed by atoms with Crippen molar-refractivity contribution < 1.29 is 5.11 Å². The van der Waals surface area contributed by atoms with Crippen LogP contribution in [0.5, 0.6) is 0 Å². The molecule has 1 heterocycles. The first kappa shape index (κ1) is 12.9. The lowest BCUT2D eigenvalue weighted by molar-refractivity contribution is 0.0813. The molecule has 0 aromatic rings. The van der Waals surface area contributed by atoms with E-state index in [1.54, 1.807) is 0 Å². The van der Waals surface area contributed by atoms with Crippen molar-refractivity contribution in [3.8, 4) is 0 Å². The lowest BCUT2D eigenvalue weighted by atomic mass is 9.88. The van der Waals surface area contributed by atoms with E-state index in [-0.39, 0.29) is 12.1 Å². The highest BCUT2D eigenvalue weighted by atomic mass is 16.3. The molecule has 0 aromatic carbocycles. The third-order valence-electron chi connectivity index (χ3n) is 3.51. The molecule has 2 N–H and O–H groups in total. The van der Waals surface area contributed by atoms with Gasteiger partial charge >= 0.3 is 0 Å². The Morgan fingerprint density at radius 1 is 1.33 bits per heavy atom. The normalized spacial score (nSPS) is 22.2. The lowest BCUT2D eigenvalue weighted by Crippen LogP contribution is -2.55. The van der Waals surface area contributed by atoms with E-state index in [2.05, 4.69) is 29.2 Å². The monoisotopic (exact) mass is 215 g/mol. The number of likely N-dealkylation sites (N-methyl/N-ethyl adjacent to an activating group) is 2. The van der Waals surface area contributed by atoms with Gasteiger partial charge < -0.3 is 20.2 Å². The van der Waals surface area contributed by atoms with Crippen molar-refractivity contribution in [2.24, 2.45) is 0 Å². The molecule has 0 aromatic heterocycles. The van der Waals surface area contributed by atoms with Crippen LogP contribution < -0.4 is 5.32 Å². The van der Waals surface area contributed by atoms with Gasteiger partial charge in [0.15, 0.2) is 0 Å². The second-order valence-corrected chi connectivity index (χ2v) is 4.83. The summed E-state index contributed by atoms with van der Waals surface area (Å²) in [6, 6.07) is 0. The number of rotatable bonds is 5. The van der Waals surface area contributed by atoms with Crippen LogP contribution in [-0.4, -0.2) is 74.4 Å². The summed E-state index contributed by atoms with van der Waals surface area (Å²) in [6.45, 7) is 4.69. The van der Waals surface area contributed by atoms with Crippen LogP contribution in [0.3, 0.4) is 0 Å². The van der Waals surface area contributed by atoms with Crippen LogP contribution in [0, 0.1) is 0 Å². The minimum absolute atomic E-state index is 0.0192. The van der Waals surface area contributed by atoms with E-state index >= 15 is 0 Å². The number of nitrogens with one attached hydrogen (secondary N) is 1. The van der Waals surface area contributed by atoms with Crippen LogP contribution in [0.4, 0.5) is 0 Å². The summed E-state index contributed by atoms with van der Waals surface area (Å²) < 4.78 is 0. The van der Waals surface area contributed by atoms with Crippen LogP contribution >= 0.6 is 0 Å². The first-order chi connectivity index (χ1) is 7.12. The predicted molar refractivity (Wildman–Crippen MR) is 63.1 cm³/mol. The van der Waals surface area contributed by atoms with Crippen LogP contribution in [0.2, 0.25) is 0 Å². The summed E-state index contributed by atoms with van der Waals surface area (Å²) in [7, 11) is 6.16. The van der Waals surface area contributed by atoms with Gasteiger partial charge in [0, 0.05) is 31.7 Å². The maximum absolute atomic E-state index is 9.36. The molecular formula is C11H25N3O. The number of nitrogens with zero attached hydrogens (tertiary/aromatic N) is 2. The minimum Gasteiger partial charge on any atom is -0.394 e. The van der Waals surface area contributed by atoms with Crippen LogP contribution in [-0.2, 0) is 0 Å². The van der Waals surface area contributed by atoms with Gasteiger partial charge in [-0.05, 0) is 34.0 Å². The fourth-order valence-corrected chi connectivity index (χ4v) is 2.03. The van der Waals surface area contributed by atoms with Crippen molar-refractivity contribution in [1.29, 1.82) is 0 Å². The summed E-state index contributed by atoms with van der Waals surface area (Å²) in [5.41, 5.74) is -0.0192. The summed E-state index contributed by atoms with van der Waals surface area (Å²) >= 11 is 0. The molecule has 0 amide bonds. The number of piperidine rings is 1. The van der Waals surface area contributed by atoms with Crippen LogP contribution in [0.25, 0.3) is 0 Å². The van der Waals surface area contributed by atoms with E-state index in [1.807, 2.05) is 7.05 Å². The molecule has 0 bridgehead atoms. The SMILES string of the molecule is CNC1(CO)CCN(CCN(C)C)CC1. The maximum atomic E-state index is 9.36. The fourth-order valence-electron chi connectivity index (χ4n) is 2.03. The standard InChI is InChI=1S/C11H25N3O/c1-12-11(10-15)4-6-14(7-5-11)9-8-13(2)3/h12,15H,4-10H2,1-3H3. The first-order valence-electron chi connectivity index (χ1n) is 5.79. The van der Waals surface area contributed by atoms with Gasteiger partial charge in [-0.3, -0.25) is 0 Å². The zero-order valence-electron chi connectivity index (χ0n) is 10.3. The number of hydrogen-bond acceptors (Lipinski definition) is 4. The predicted octanol–water partition coefficient (Wildman–Crippen LogP) is -0.406. The van der Waals surface area contributed by atoms with E-state index < -0.39 is 0 Å². The Labute approximate surface area is 93.2 Å². The lowest BCUT2D eigenvalue weighted by Gasteiger charge is -2.40. The highest BCUT2D eigenvalue weighted by molar-refractivity contribution is 4.91. The Kier molecular flexibility index (Phi) is 4.99. The Hall–Kier alpha value is -0.160. The molecule has 1 aliphatic heterocycles. The molecule has 1 aliphatic rings. The quantitative estimate of drug-likeness (QED) is 0.654. The second-order valence-electron chi connectivity index (χ2n) is 4.83. The summed E-state index contributed by atoms with van der Waals surface area (Å²) in [5.74, 6) is 0. The number of aliphatic hydroxyl groups is 1.